The number of fused-ring (bicyclic) bond motifs is 1. The Labute approximate surface area is 192 Å². The minimum atomic E-state index is -1.59. The summed E-state index contributed by atoms with van der Waals surface area (Å²) in [6.07, 6.45) is -6.98. The molecule has 2 heterocycles. The summed E-state index contributed by atoms with van der Waals surface area (Å²) in [5.41, 5.74) is -0.716. The molecule has 5 N–H and O–H groups in total. The van der Waals surface area contributed by atoms with Crippen molar-refractivity contribution in [3.05, 3.63) is 46.6 Å². The van der Waals surface area contributed by atoms with E-state index < -0.39 is 53.6 Å². The summed E-state index contributed by atoms with van der Waals surface area (Å²) in [5, 5.41) is 50.0. The molecule has 1 saturated heterocycles. The van der Waals surface area contributed by atoms with Crippen LogP contribution in [0.25, 0.3) is 22.3 Å². The molecule has 11 nitrogen and oxygen atoms in total. The van der Waals surface area contributed by atoms with E-state index in [1.54, 1.807) is 0 Å². The number of carbonyl (C=O) groups excluding carboxylic acids is 1. The van der Waals surface area contributed by atoms with Gasteiger partial charge in [-0.2, -0.15) is 0 Å². The SMILES string of the molecule is CC(=O)O[C@H]1[C@@H](Oc2c(-c3ccc(O)cc3)oc3cc(O)cc(O)c3c2=O)O[C@@H](C)[C@H](O)[C@H]1O. The predicted molar refractivity (Wildman–Crippen MR) is 115 cm³/mol. The summed E-state index contributed by atoms with van der Waals surface area (Å²) >= 11 is 0. The van der Waals surface area contributed by atoms with Crippen LogP contribution in [0.15, 0.2) is 45.6 Å². The molecule has 0 radical (unpaired) electrons. The number of benzene rings is 2. The highest BCUT2D eigenvalue weighted by atomic mass is 16.7. The molecule has 1 fully saturated rings. The summed E-state index contributed by atoms with van der Waals surface area (Å²) in [6.45, 7) is 2.54. The number of hydrogen-bond donors (Lipinski definition) is 5. The van der Waals surface area contributed by atoms with Gasteiger partial charge >= 0.3 is 5.97 Å². The number of rotatable bonds is 4. The number of esters is 1. The number of aliphatic hydroxyl groups excluding tert-OH is 2. The second-order valence-electron chi connectivity index (χ2n) is 7.86. The molecule has 11 heteroatoms. The third-order valence-corrected chi connectivity index (χ3v) is 5.37. The quantitative estimate of drug-likeness (QED) is 0.345. The van der Waals surface area contributed by atoms with Crippen LogP contribution in [-0.2, 0) is 14.3 Å². The van der Waals surface area contributed by atoms with E-state index in [1.165, 1.54) is 31.2 Å². The Morgan fingerprint density at radius 1 is 1.00 bits per heavy atom. The zero-order chi connectivity index (χ0) is 24.7. The number of aromatic hydroxyl groups is 3. The first kappa shape index (κ1) is 23.4. The number of phenolic OH excluding ortho intramolecular Hbond substituents is 3. The van der Waals surface area contributed by atoms with Crippen molar-refractivity contribution in [2.45, 2.75) is 44.6 Å². The number of phenols is 3. The second kappa shape index (κ2) is 8.86. The largest absolute Gasteiger partial charge is 0.508 e. The van der Waals surface area contributed by atoms with E-state index in [-0.39, 0.29) is 33.8 Å². The van der Waals surface area contributed by atoms with Crippen molar-refractivity contribution in [3.63, 3.8) is 0 Å². The van der Waals surface area contributed by atoms with Crippen molar-refractivity contribution in [2.75, 3.05) is 0 Å². The Hall–Kier alpha value is -3.80. The average molecular weight is 474 g/mol. The second-order valence-corrected chi connectivity index (χ2v) is 7.86. The summed E-state index contributed by atoms with van der Waals surface area (Å²) in [7, 11) is 0. The van der Waals surface area contributed by atoms with E-state index in [9.17, 15) is 35.1 Å². The van der Waals surface area contributed by atoms with E-state index in [1.807, 2.05) is 0 Å². The van der Waals surface area contributed by atoms with Crippen LogP contribution in [-0.4, -0.2) is 62.2 Å². The van der Waals surface area contributed by atoms with Crippen LogP contribution in [0.5, 0.6) is 23.0 Å². The topological polar surface area (TPSA) is 176 Å². The van der Waals surface area contributed by atoms with Gasteiger partial charge in [-0.15, -0.1) is 0 Å². The van der Waals surface area contributed by atoms with Gasteiger partial charge in [-0.25, -0.2) is 0 Å². The molecular formula is C23H22O11. The molecule has 2 aromatic carbocycles. The fraction of sp³-hybridized carbons (Fsp3) is 0.304. The summed E-state index contributed by atoms with van der Waals surface area (Å²) < 4.78 is 22.2. The standard InChI is InChI=1S/C23H22O11/c1-9-17(28)19(30)22(32-10(2)24)23(31-9)34-21-18(29)16-14(27)7-13(26)8-15(16)33-20(21)11-3-5-12(25)6-4-11/h3-9,17,19,22-23,25-28,30H,1-2H3/t9-,17-,19+,22+,23+/m0/s1. The molecule has 1 aliphatic rings. The molecule has 0 aliphatic carbocycles. The summed E-state index contributed by atoms with van der Waals surface area (Å²) in [6, 6.07) is 7.62. The van der Waals surface area contributed by atoms with Crippen LogP contribution < -0.4 is 10.2 Å². The number of hydrogen-bond acceptors (Lipinski definition) is 11. The first-order chi connectivity index (χ1) is 16.1. The van der Waals surface area contributed by atoms with Crippen LogP contribution in [0.2, 0.25) is 0 Å². The Bertz CT molecular complexity index is 1280. The van der Waals surface area contributed by atoms with Gasteiger partial charge in [0.1, 0.15) is 40.4 Å². The lowest BCUT2D eigenvalue weighted by Crippen LogP contribution is -2.59. The van der Waals surface area contributed by atoms with E-state index in [0.717, 1.165) is 19.1 Å². The van der Waals surface area contributed by atoms with Crippen molar-refractivity contribution < 1.29 is 49.0 Å². The van der Waals surface area contributed by atoms with Crippen molar-refractivity contribution in [1.82, 2.24) is 0 Å². The fourth-order valence-corrected chi connectivity index (χ4v) is 3.71. The van der Waals surface area contributed by atoms with Crippen LogP contribution in [0.4, 0.5) is 0 Å². The normalized spacial score (nSPS) is 24.6. The maximum absolute atomic E-state index is 13.4. The van der Waals surface area contributed by atoms with Gasteiger partial charge in [0.15, 0.2) is 11.9 Å². The number of carbonyl (C=O) groups is 1. The van der Waals surface area contributed by atoms with E-state index in [0.29, 0.717) is 0 Å². The summed E-state index contributed by atoms with van der Waals surface area (Å²) in [5.74, 6) is -2.38. The molecule has 1 aromatic heterocycles. The smallest absolute Gasteiger partial charge is 0.303 e. The molecule has 0 spiro atoms. The molecule has 0 bridgehead atoms. The first-order valence-electron chi connectivity index (χ1n) is 10.2. The highest BCUT2D eigenvalue weighted by Gasteiger charge is 2.47. The van der Waals surface area contributed by atoms with Crippen LogP contribution in [0.3, 0.4) is 0 Å². The first-order valence-corrected chi connectivity index (χ1v) is 10.2. The van der Waals surface area contributed by atoms with Gasteiger partial charge in [-0.3, -0.25) is 9.59 Å². The highest BCUT2D eigenvalue weighted by molar-refractivity contribution is 5.88. The predicted octanol–water partition coefficient (Wildman–Crippen LogP) is 1.35. The van der Waals surface area contributed by atoms with Gasteiger partial charge in [0.25, 0.3) is 0 Å². The lowest BCUT2D eigenvalue weighted by atomic mass is 9.99. The van der Waals surface area contributed by atoms with Crippen LogP contribution in [0, 0.1) is 0 Å². The molecule has 4 rings (SSSR count). The fourth-order valence-electron chi connectivity index (χ4n) is 3.71. The Balaban J connectivity index is 1.90. The molecule has 0 saturated carbocycles. The van der Waals surface area contributed by atoms with Crippen LogP contribution in [0.1, 0.15) is 13.8 Å². The third kappa shape index (κ3) is 4.23. The molecule has 3 aromatic rings. The third-order valence-electron chi connectivity index (χ3n) is 5.37. The van der Waals surface area contributed by atoms with E-state index in [2.05, 4.69) is 0 Å². The Morgan fingerprint density at radius 2 is 1.68 bits per heavy atom. The van der Waals surface area contributed by atoms with Crippen molar-refractivity contribution in [2.24, 2.45) is 0 Å². The minimum Gasteiger partial charge on any atom is -0.508 e. The van der Waals surface area contributed by atoms with Gasteiger partial charge < -0.3 is 44.2 Å². The molecule has 34 heavy (non-hydrogen) atoms. The number of ether oxygens (including phenoxy) is 3. The Kier molecular flexibility index (Phi) is 6.09. The van der Waals surface area contributed by atoms with Crippen molar-refractivity contribution >= 4 is 16.9 Å². The van der Waals surface area contributed by atoms with Crippen molar-refractivity contribution in [3.8, 4) is 34.3 Å². The molecule has 1 aliphatic heterocycles. The van der Waals surface area contributed by atoms with Gasteiger partial charge in [-0.1, -0.05) is 0 Å². The molecular weight excluding hydrogens is 452 g/mol. The zero-order valence-corrected chi connectivity index (χ0v) is 18.0. The minimum absolute atomic E-state index is 0.0545. The lowest BCUT2D eigenvalue weighted by Gasteiger charge is -2.40. The average Bonchev–Trinajstić information content (AvgIpc) is 2.76. The summed E-state index contributed by atoms with van der Waals surface area (Å²) in [4.78, 5) is 25.0. The molecule has 5 atom stereocenters. The van der Waals surface area contributed by atoms with Gasteiger partial charge in [0.05, 0.1) is 6.10 Å². The maximum Gasteiger partial charge on any atom is 0.303 e. The van der Waals surface area contributed by atoms with Crippen LogP contribution >= 0.6 is 0 Å². The van der Waals surface area contributed by atoms with Gasteiger partial charge in [-0.05, 0) is 31.2 Å². The monoisotopic (exact) mass is 474 g/mol. The zero-order valence-electron chi connectivity index (χ0n) is 18.0. The van der Waals surface area contributed by atoms with E-state index in [4.69, 9.17) is 18.6 Å². The molecule has 0 amide bonds. The molecule has 0 unspecified atom stereocenters. The Morgan fingerprint density at radius 3 is 2.32 bits per heavy atom. The number of aliphatic hydroxyl groups is 2. The lowest BCUT2D eigenvalue weighted by molar-refractivity contribution is -0.273. The van der Waals surface area contributed by atoms with Gasteiger partial charge in [0.2, 0.25) is 17.5 Å². The molecule has 180 valence electrons. The van der Waals surface area contributed by atoms with E-state index >= 15 is 0 Å². The highest BCUT2D eigenvalue weighted by Crippen LogP contribution is 2.37. The maximum atomic E-state index is 13.4. The van der Waals surface area contributed by atoms with Crippen molar-refractivity contribution in [1.29, 1.82) is 0 Å². The van der Waals surface area contributed by atoms with Gasteiger partial charge in [0, 0.05) is 24.6 Å².